The van der Waals surface area contributed by atoms with Gasteiger partial charge in [-0.2, -0.15) is 0 Å². The molecule has 98 valence electrons. The van der Waals surface area contributed by atoms with Gasteiger partial charge < -0.3 is 4.74 Å². The molecule has 0 aliphatic rings. The van der Waals surface area contributed by atoms with E-state index in [0.717, 1.165) is 5.57 Å². The van der Waals surface area contributed by atoms with Crippen LogP contribution >= 0.6 is 0 Å². The van der Waals surface area contributed by atoms with E-state index in [4.69, 9.17) is 10.1 Å². The van der Waals surface area contributed by atoms with Crippen molar-refractivity contribution in [1.29, 1.82) is 5.41 Å². The molecule has 0 fully saturated rings. The molecule has 0 aliphatic carbocycles. The van der Waals surface area contributed by atoms with Gasteiger partial charge in [0.2, 0.25) is 0 Å². The van der Waals surface area contributed by atoms with Crippen molar-refractivity contribution in [2.24, 2.45) is 5.41 Å². The van der Waals surface area contributed by atoms with E-state index in [9.17, 15) is 0 Å². The monoisotopic (exact) mass is 245 g/mol. The van der Waals surface area contributed by atoms with E-state index in [2.05, 4.69) is 26.3 Å². The lowest BCUT2D eigenvalue weighted by Crippen LogP contribution is -2.16. The second-order valence-electron chi connectivity index (χ2n) is 5.07. The summed E-state index contributed by atoms with van der Waals surface area (Å²) in [5, 5.41) is 7.99. The number of hydrogen-bond donors (Lipinski definition) is 1. The van der Waals surface area contributed by atoms with Crippen LogP contribution in [0.5, 0.6) is 0 Å². The normalized spacial score (nSPS) is 11.1. The predicted molar refractivity (Wildman–Crippen MR) is 79.6 cm³/mol. The third kappa shape index (κ3) is 4.58. The molecule has 0 rings (SSSR count). The zero-order chi connectivity index (χ0) is 14.5. The van der Waals surface area contributed by atoms with Gasteiger partial charge in [-0.3, -0.25) is 5.41 Å². The van der Waals surface area contributed by atoms with Crippen LogP contribution in [-0.2, 0) is 4.74 Å². The summed E-state index contributed by atoms with van der Waals surface area (Å²) in [6, 6.07) is 0. The Morgan fingerprint density at radius 1 is 1.11 bits per heavy atom. The highest BCUT2D eigenvalue weighted by atomic mass is 16.5. The van der Waals surface area contributed by atoms with Gasteiger partial charge in [-0.25, -0.2) is 0 Å². The summed E-state index contributed by atoms with van der Waals surface area (Å²) in [6.07, 6.45) is 3.52. The third-order valence-corrected chi connectivity index (χ3v) is 2.46. The molecule has 0 atom stereocenters. The van der Waals surface area contributed by atoms with Gasteiger partial charge in [-0.1, -0.05) is 53.2 Å². The van der Waals surface area contributed by atoms with Crippen LogP contribution in [0.4, 0.5) is 0 Å². The summed E-state index contributed by atoms with van der Waals surface area (Å²) in [5.74, 6) is 0.676. The van der Waals surface area contributed by atoms with Crippen molar-refractivity contribution in [3.63, 3.8) is 0 Å². The van der Waals surface area contributed by atoms with E-state index in [1.807, 2.05) is 33.8 Å². The highest BCUT2D eigenvalue weighted by Gasteiger charge is 2.21. The predicted octanol–water partition coefficient (Wildman–Crippen LogP) is 4.78. The molecule has 0 aromatic carbocycles. The third-order valence-electron chi connectivity index (χ3n) is 2.46. The van der Waals surface area contributed by atoms with E-state index in [1.54, 1.807) is 6.08 Å². The number of nitrogens with one attached hydrogen (secondary N) is 1. The van der Waals surface area contributed by atoms with Crippen LogP contribution in [0, 0.1) is 10.8 Å². The quantitative estimate of drug-likeness (QED) is 0.407. The second kappa shape index (κ2) is 6.20. The van der Waals surface area contributed by atoms with Crippen LogP contribution < -0.4 is 0 Å². The topological polar surface area (TPSA) is 33.1 Å². The van der Waals surface area contributed by atoms with Crippen molar-refractivity contribution in [2.75, 3.05) is 0 Å². The maximum atomic E-state index is 7.99. The van der Waals surface area contributed by atoms with Gasteiger partial charge in [-0.15, -0.1) is 0 Å². The first-order valence-corrected chi connectivity index (χ1v) is 5.77. The van der Waals surface area contributed by atoms with E-state index < -0.39 is 0 Å². The molecule has 0 spiro atoms. The Kier molecular flexibility index (Phi) is 5.57. The molecule has 0 amide bonds. The van der Waals surface area contributed by atoms with E-state index in [-0.39, 0.29) is 16.9 Å². The fourth-order valence-electron chi connectivity index (χ4n) is 1.20. The van der Waals surface area contributed by atoms with Crippen molar-refractivity contribution in [2.45, 2.75) is 27.7 Å². The average molecular weight is 245 g/mol. The maximum absolute atomic E-state index is 7.99. The Hall–Kier alpha value is -1.83. The molecule has 0 aromatic heterocycles. The lowest BCUT2D eigenvalue weighted by atomic mass is 9.82. The first-order chi connectivity index (χ1) is 8.11. The Morgan fingerprint density at radius 2 is 1.61 bits per heavy atom. The molecule has 0 aliphatic heterocycles. The molecular formula is C16H23NO. The van der Waals surface area contributed by atoms with Crippen LogP contribution in [-0.4, -0.2) is 5.71 Å². The zero-order valence-corrected chi connectivity index (χ0v) is 11.9. The maximum Gasteiger partial charge on any atom is 0.145 e. The Balaban J connectivity index is 4.77. The van der Waals surface area contributed by atoms with Crippen LogP contribution in [0.1, 0.15) is 27.7 Å². The summed E-state index contributed by atoms with van der Waals surface area (Å²) >= 11 is 0. The van der Waals surface area contributed by atoms with Crippen LogP contribution in [0.2, 0.25) is 0 Å². The van der Waals surface area contributed by atoms with Gasteiger partial charge in [0.05, 0.1) is 0 Å². The van der Waals surface area contributed by atoms with Crippen molar-refractivity contribution in [3.05, 3.63) is 61.1 Å². The molecule has 18 heavy (non-hydrogen) atoms. The smallest absolute Gasteiger partial charge is 0.145 e. The number of hydrogen-bond acceptors (Lipinski definition) is 2. The average Bonchev–Trinajstić information content (AvgIpc) is 2.24. The van der Waals surface area contributed by atoms with Gasteiger partial charge in [0, 0.05) is 0 Å². The molecule has 2 heteroatoms. The van der Waals surface area contributed by atoms with Gasteiger partial charge in [0.15, 0.2) is 0 Å². The Morgan fingerprint density at radius 3 is 2.00 bits per heavy atom. The lowest BCUT2D eigenvalue weighted by molar-refractivity contribution is 0.348. The van der Waals surface area contributed by atoms with Gasteiger partial charge in [0.25, 0.3) is 0 Å². The van der Waals surface area contributed by atoms with Crippen LogP contribution in [0.15, 0.2) is 61.1 Å². The fraction of sp³-hybridized carbons (Fsp3) is 0.312. The molecule has 1 N–H and O–H groups in total. The number of allylic oxidation sites excluding steroid dienone is 4. The summed E-state index contributed by atoms with van der Waals surface area (Å²) in [6.45, 7) is 23.2. The van der Waals surface area contributed by atoms with Crippen molar-refractivity contribution in [1.82, 2.24) is 0 Å². The number of ether oxygens (including phenoxy) is 1. The number of rotatable bonds is 6. The lowest BCUT2D eigenvalue weighted by Gasteiger charge is -2.24. The van der Waals surface area contributed by atoms with Crippen molar-refractivity contribution in [3.8, 4) is 0 Å². The van der Waals surface area contributed by atoms with E-state index in [0.29, 0.717) is 11.3 Å². The largest absolute Gasteiger partial charge is 0.456 e. The first kappa shape index (κ1) is 16.2. The highest BCUT2D eigenvalue weighted by Crippen LogP contribution is 2.30. The van der Waals surface area contributed by atoms with Gasteiger partial charge in [0.1, 0.15) is 17.2 Å². The standard InChI is InChI=1S/C16H23NO/c1-9-10-11(2)18-14(5)15(17)12(3)13(4)16(6,7)8/h9-10,17H,2-5H2,1,6-8H3/b10-9-,17-15?. The molecule has 0 radical (unpaired) electrons. The molecule has 0 saturated heterocycles. The minimum atomic E-state index is -0.135. The van der Waals surface area contributed by atoms with Gasteiger partial charge in [-0.05, 0) is 29.6 Å². The molecular weight excluding hydrogens is 222 g/mol. The molecule has 0 unspecified atom stereocenters. The molecule has 0 aromatic rings. The molecule has 0 saturated carbocycles. The Labute approximate surface area is 111 Å². The Bertz CT molecular complexity index is 431. The summed E-state index contributed by atoms with van der Waals surface area (Å²) in [5.41, 5.74) is 1.36. The molecule has 2 nitrogen and oxygen atoms in total. The van der Waals surface area contributed by atoms with Gasteiger partial charge >= 0.3 is 0 Å². The summed E-state index contributed by atoms with van der Waals surface area (Å²) in [7, 11) is 0. The second-order valence-corrected chi connectivity index (χ2v) is 5.07. The molecule has 0 heterocycles. The zero-order valence-electron chi connectivity index (χ0n) is 11.9. The minimum absolute atomic E-state index is 0.135. The van der Waals surface area contributed by atoms with Crippen molar-refractivity contribution >= 4 is 5.71 Å². The SMILES string of the molecule is C=C(/C=C\C)OC(=C)C(=N)C(=C)C(=C)C(C)(C)C. The first-order valence-electron chi connectivity index (χ1n) is 5.77. The van der Waals surface area contributed by atoms with Crippen LogP contribution in [0.3, 0.4) is 0 Å². The molecule has 0 bridgehead atoms. The van der Waals surface area contributed by atoms with Crippen LogP contribution in [0.25, 0.3) is 0 Å². The van der Waals surface area contributed by atoms with Crippen molar-refractivity contribution < 1.29 is 4.74 Å². The van der Waals surface area contributed by atoms with E-state index >= 15 is 0 Å². The van der Waals surface area contributed by atoms with E-state index in [1.165, 1.54) is 0 Å². The highest BCUT2D eigenvalue weighted by molar-refractivity contribution is 6.11. The fourth-order valence-corrected chi connectivity index (χ4v) is 1.20. The summed E-state index contributed by atoms with van der Waals surface area (Å²) < 4.78 is 5.33. The summed E-state index contributed by atoms with van der Waals surface area (Å²) in [4.78, 5) is 0. The minimum Gasteiger partial charge on any atom is -0.456 e.